The van der Waals surface area contributed by atoms with Crippen LogP contribution in [0, 0.1) is 13.8 Å². The summed E-state index contributed by atoms with van der Waals surface area (Å²) in [6.07, 6.45) is -4.83. The Bertz CT molecular complexity index is 766. The molecule has 2 aromatic rings. The molecule has 2 rings (SSSR count). The Morgan fingerprint density at radius 2 is 1.82 bits per heavy atom. The number of hydrogen-bond donors (Lipinski definition) is 1. The fourth-order valence-corrected chi connectivity index (χ4v) is 2.64. The van der Waals surface area contributed by atoms with E-state index in [1.165, 1.54) is 26.0 Å². The van der Waals surface area contributed by atoms with Gasteiger partial charge in [-0.3, -0.25) is 0 Å². The standard InChI is InChI=1S/C14H10Cl2F3NO2/c1-6-5-8(13(21)22)12(14(17,18)19)20(6)10-4-3-9(15)11(16)7(10)2/h3-5H,1-2H3,(H,21,22). The number of rotatable bonds is 2. The molecule has 0 aliphatic carbocycles. The first kappa shape index (κ1) is 16.7. The number of halogens is 5. The summed E-state index contributed by atoms with van der Waals surface area (Å²) in [6.45, 7) is 2.91. The van der Waals surface area contributed by atoms with Crippen LogP contribution in [-0.2, 0) is 6.18 Å². The second-order valence-corrected chi connectivity index (χ2v) is 5.48. The Kier molecular flexibility index (Phi) is 4.19. The minimum Gasteiger partial charge on any atom is -0.478 e. The van der Waals surface area contributed by atoms with Gasteiger partial charge in [0.05, 0.1) is 21.3 Å². The summed E-state index contributed by atoms with van der Waals surface area (Å²) in [5.74, 6) is -1.65. The Hall–Kier alpha value is -1.66. The van der Waals surface area contributed by atoms with Gasteiger partial charge in [-0.25, -0.2) is 4.79 Å². The average Bonchev–Trinajstić information content (AvgIpc) is 2.74. The fourth-order valence-electron chi connectivity index (χ4n) is 2.28. The van der Waals surface area contributed by atoms with Crippen molar-refractivity contribution >= 4 is 29.2 Å². The molecule has 118 valence electrons. The topological polar surface area (TPSA) is 42.2 Å². The molecule has 1 N–H and O–H groups in total. The number of benzene rings is 1. The normalized spacial score (nSPS) is 11.8. The molecular weight excluding hydrogens is 342 g/mol. The van der Waals surface area contributed by atoms with Gasteiger partial charge in [-0.15, -0.1) is 0 Å². The molecule has 8 heteroatoms. The summed E-state index contributed by atoms with van der Waals surface area (Å²) < 4.78 is 40.8. The van der Waals surface area contributed by atoms with Crippen molar-refractivity contribution in [1.82, 2.24) is 4.57 Å². The van der Waals surface area contributed by atoms with Gasteiger partial charge in [0.2, 0.25) is 0 Å². The highest BCUT2D eigenvalue weighted by molar-refractivity contribution is 6.42. The number of carboxylic acids is 1. The zero-order valence-corrected chi connectivity index (χ0v) is 12.9. The second kappa shape index (κ2) is 5.52. The molecular formula is C14H10Cl2F3NO2. The van der Waals surface area contributed by atoms with Gasteiger partial charge in [-0.05, 0) is 37.6 Å². The molecule has 1 aromatic heterocycles. The van der Waals surface area contributed by atoms with Crippen LogP contribution < -0.4 is 0 Å². The summed E-state index contributed by atoms with van der Waals surface area (Å²) in [4.78, 5) is 11.1. The maximum absolute atomic E-state index is 13.3. The fraction of sp³-hybridized carbons (Fsp3) is 0.214. The van der Waals surface area contributed by atoms with Crippen LogP contribution in [0.15, 0.2) is 18.2 Å². The molecule has 0 spiro atoms. The number of alkyl halides is 3. The third kappa shape index (κ3) is 2.68. The van der Waals surface area contributed by atoms with Gasteiger partial charge in [-0.2, -0.15) is 13.2 Å². The Morgan fingerprint density at radius 1 is 1.23 bits per heavy atom. The highest BCUT2D eigenvalue weighted by Gasteiger charge is 2.40. The second-order valence-electron chi connectivity index (χ2n) is 4.69. The van der Waals surface area contributed by atoms with E-state index in [4.69, 9.17) is 28.3 Å². The zero-order chi connectivity index (χ0) is 16.8. The molecule has 0 unspecified atom stereocenters. The van der Waals surface area contributed by atoms with Crippen molar-refractivity contribution in [3.05, 3.63) is 50.8 Å². The smallest absolute Gasteiger partial charge is 0.432 e. The zero-order valence-electron chi connectivity index (χ0n) is 11.4. The van der Waals surface area contributed by atoms with Crippen molar-refractivity contribution < 1.29 is 23.1 Å². The first-order chi connectivity index (χ1) is 10.1. The van der Waals surface area contributed by atoms with Gasteiger partial charge in [0.1, 0.15) is 5.69 Å². The van der Waals surface area contributed by atoms with Gasteiger partial charge in [0.15, 0.2) is 0 Å². The number of hydrogen-bond acceptors (Lipinski definition) is 1. The van der Waals surface area contributed by atoms with Crippen molar-refractivity contribution in [3.8, 4) is 5.69 Å². The van der Waals surface area contributed by atoms with Gasteiger partial charge in [-0.1, -0.05) is 23.2 Å². The predicted molar refractivity (Wildman–Crippen MR) is 77.2 cm³/mol. The Labute approximate surface area is 133 Å². The molecule has 0 amide bonds. The maximum atomic E-state index is 13.3. The average molecular weight is 352 g/mol. The minimum atomic E-state index is -4.83. The molecule has 3 nitrogen and oxygen atoms in total. The van der Waals surface area contributed by atoms with Gasteiger partial charge < -0.3 is 9.67 Å². The van der Waals surface area contributed by atoms with Crippen molar-refractivity contribution in [2.45, 2.75) is 20.0 Å². The van der Waals surface area contributed by atoms with Gasteiger partial charge in [0, 0.05) is 5.69 Å². The molecule has 0 aliphatic rings. The molecule has 0 aliphatic heterocycles. The van der Waals surface area contributed by atoms with Crippen LogP contribution in [-0.4, -0.2) is 15.6 Å². The van der Waals surface area contributed by atoms with E-state index in [9.17, 15) is 18.0 Å². The molecule has 0 saturated carbocycles. The number of nitrogens with zero attached hydrogens (tertiary/aromatic N) is 1. The van der Waals surface area contributed by atoms with Crippen LogP contribution >= 0.6 is 23.2 Å². The first-order valence-electron chi connectivity index (χ1n) is 6.03. The molecule has 0 fully saturated rings. The van der Waals surface area contributed by atoms with Crippen molar-refractivity contribution in [2.75, 3.05) is 0 Å². The number of aryl methyl sites for hydroxylation is 1. The van der Waals surface area contributed by atoms with Crippen LogP contribution in [0.25, 0.3) is 5.69 Å². The lowest BCUT2D eigenvalue weighted by molar-refractivity contribution is -0.142. The van der Waals surface area contributed by atoms with E-state index in [0.29, 0.717) is 5.56 Å². The van der Waals surface area contributed by atoms with E-state index in [1.54, 1.807) is 0 Å². The first-order valence-corrected chi connectivity index (χ1v) is 6.79. The van der Waals surface area contributed by atoms with Crippen molar-refractivity contribution in [1.29, 1.82) is 0 Å². The van der Waals surface area contributed by atoms with Crippen LogP contribution in [0.1, 0.15) is 27.3 Å². The highest BCUT2D eigenvalue weighted by Crippen LogP contribution is 2.38. The minimum absolute atomic E-state index is 0.122. The molecule has 1 aromatic carbocycles. The molecule has 0 radical (unpaired) electrons. The van der Waals surface area contributed by atoms with E-state index >= 15 is 0 Å². The highest BCUT2D eigenvalue weighted by atomic mass is 35.5. The van der Waals surface area contributed by atoms with Crippen LogP contribution in [0.3, 0.4) is 0 Å². The lowest BCUT2D eigenvalue weighted by atomic mass is 10.1. The van der Waals surface area contributed by atoms with Gasteiger partial charge in [0.25, 0.3) is 0 Å². The van der Waals surface area contributed by atoms with E-state index in [-0.39, 0.29) is 21.4 Å². The number of carbonyl (C=O) groups is 1. The van der Waals surface area contributed by atoms with Crippen LogP contribution in [0.5, 0.6) is 0 Å². The van der Waals surface area contributed by atoms with Gasteiger partial charge >= 0.3 is 12.1 Å². The number of aromatic carboxylic acids is 1. The molecule has 22 heavy (non-hydrogen) atoms. The summed E-state index contributed by atoms with van der Waals surface area (Å²) >= 11 is 11.8. The number of aromatic nitrogens is 1. The van der Waals surface area contributed by atoms with E-state index < -0.39 is 23.4 Å². The predicted octanol–water partition coefficient (Wildman–Crippen LogP) is 5.12. The Morgan fingerprint density at radius 3 is 2.32 bits per heavy atom. The largest absolute Gasteiger partial charge is 0.478 e. The van der Waals surface area contributed by atoms with E-state index in [1.807, 2.05) is 0 Å². The lowest BCUT2D eigenvalue weighted by Crippen LogP contribution is -2.17. The van der Waals surface area contributed by atoms with Crippen LogP contribution in [0.4, 0.5) is 13.2 Å². The molecule has 0 bridgehead atoms. The summed E-state index contributed by atoms with van der Waals surface area (Å²) in [7, 11) is 0. The monoisotopic (exact) mass is 351 g/mol. The van der Waals surface area contributed by atoms with E-state index in [2.05, 4.69) is 0 Å². The third-order valence-corrected chi connectivity index (χ3v) is 4.13. The van der Waals surface area contributed by atoms with E-state index in [0.717, 1.165) is 10.6 Å². The summed E-state index contributed by atoms with van der Waals surface area (Å²) in [5.41, 5.74) is -1.47. The van der Waals surface area contributed by atoms with Crippen molar-refractivity contribution in [2.24, 2.45) is 0 Å². The summed E-state index contributed by atoms with van der Waals surface area (Å²) in [5, 5.41) is 9.35. The number of carboxylic acid groups (broad SMARTS) is 1. The SMILES string of the molecule is Cc1c(-n2c(C)cc(C(=O)O)c2C(F)(F)F)ccc(Cl)c1Cl. The molecule has 0 atom stereocenters. The lowest BCUT2D eigenvalue weighted by Gasteiger charge is -2.18. The molecule has 1 heterocycles. The maximum Gasteiger partial charge on any atom is 0.432 e. The van der Waals surface area contributed by atoms with Crippen molar-refractivity contribution in [3.63, 3.8) is 0 Å². The molecule has 0 saturated heterocycles. The Balaban J connectivity index is 2.88. The van der Waals surface area contributed by atoms with Crippen LogP contribution in [0.2, 0.25) is 10.0 Å². The summed E-state index contributed by atoms with van der Waals surface area (Å²) in [6, 6.07) is 3.72. The quantitative estimate of drug-likeness (QED) is 0.815. The third-order valence-electron chi connectivity index (χ3n) is 3.24.